The quantitative estimate of drug-likeness (QED) is 0.604. The Morgan fingerprint density at radius 2 is 1.55 bits per heavy atom. The lowest BCUT2D eigenvalue weighted by atomic mass is 9.99. The number of hydrogen-bond acceptors (Lipinski definition) is 2. The lowest BCUT2D eigenvalue weighted by molar-refractivity contribution is 0.0953. The Morgan fingerprint density at radius 3 is 2.34 bits per heavy atom. The van der Waals surface area contributed by atoms with Crippen molar-refractivity contribution in [3.05, 3.63) is 107 Å². The van der Waals surface area contributed by atoms with Gasteiger partial charge in [-0.2, -0.15) is 0 Å². The van der Waals surface area contributed by atoms with Gasteiger partial charge in [0.2, 0.25) is 0 Å². The van der Waals surface area contributed by atoms with Crippen LogP contribution in [0.1, 0.15) is 39.0 Å². The van der Waals surface area contributed by atoms with Crippen molar-refractivity contribution in [1.82, 2.24) is 10.2 Å². The zero-order valence-corrected chi connectivity index (χ0v) is 16.8. The summed E-state index contributed by atoms with van der Waals surface area (Å²) in [6.07, 6.45) is 3.04. The number of nitrogens with one attached hydrogen (secondary N) is 1. The van der Waals surface area contributed by atoms with Gasteiger partial charge in [0.25, 0.3) is 5.91 Å². The Labute approximate surface area is 173 Å². The number of rotatable bonds is 7. The molecule has 3 aromatic rings. The van der Waals surface area contributed by atoms with E-state index in [1.54, 1.807) is 0 Å². The number of fused-ring (bicyclic) bond motifs is 1. The van der Waals surface area contributed by atoms with Crippen LogP contribution in [0.3, 0.4) is 0 Å². The normalized spacial score (nSPS) is 13.7. The Hall–Kier alpha value is -2.91. The third-order valence-electron chi connectivity index (χ3n) is 5.60. The molecule has 0 aromatic heterocycles. The predicted octanol–water partition coefficient (Wildman–Crippen LogP) is 4.61. The molecule has 0 aliphatic carbocycles. The molecule has 0 atom stereocenters. The number of hydrogen-bond donors (Lipinski definition) is 1. The second-order valence-electron chi connectivity index (χ2n) is 7.77. The Kier molecular flexibility index (Phi) is 6.38. The van der Waals surface area contributed by atoms with Crippen molar-refractivity contribution in [1.29, 1.82) is 0 Å². The van der Waals surface area contributed by atoms with Gasteiger partial charge in [0.1, 0.15) is 0 Å². The fourth-order valence-corrected chi connectivity index (χ4v) is 3.95. The number of carbonyl (C=O) groups is 1. The van der Waals surface area contributed by atoms with Crippen molar-refractivity contribution in [3.63, 3.8) is 0 Å². The van der Waals surface area contributed by atoms with Gasteiger partial charge in [-0.25, -0.2) is 0 Å². The first kappa shape index (κ1) is 19.4. The minimum atomic E-state index is 0.0107. The van der Waals surface area contributed by atoms with Gasteiger partial charge in [-0.05, 0) is 53.6 Å². The fraction of sp³-hybridized carbons (Fsp3) is 0.269. The van der Waals surface area contributed by atoms with Gasteiger partial charge in [-0.3, -0.25) is 9.69 Å². The monoisotopic (exact) mass is 384 g/mol. The molecule has 0 saturated heterocycles. The molecule has 1 amide bonds. The molecule has 1 aliphatic rings. The molecule has 0 saturated carbocycles. The van der Waals surface area contributed by atoms with E-state index in [0.717, 1.165) is 44.5 Å². The van der Waals surface area contributed by atoms with Crippen molar-refractivity contribution in [3.8, 4) is 0 Å². The Bertz CT molecular complexity index is 934. The summed E-state index contributed by atoms with van der Waals surface area (Å²) in [5.74, 6) is 0.0107. The zero-order chi connectivity index (χ0) is 19.9. The van der Waals surface area contributed by atoms with Gasteiger partial charge in [0.05, 0.1) is 0 Å². The van der Waals surface area contributed by atoms with E-state index in [4.69, 9.17) is 0 Å². The molecule has 1 heterocycles. The van der Waals surface area contributed by atoms with Crippen molar-refractivity contribution >= 4 is 5.91 Å². The highest BCUT2D eigenvalue weighted by atomic mass is 16.1. The van der Waals surface area contributed by atoms with Crippen LogP contribution >= 0.6 is 0 Å². The molecule has 1 aliphatic heterocycles. The van der Waals surface area contributed by atoms with E-state index in [-0.39, 0.29) is 5.91 Å². The maximum atomic E-state index is 12.4. The third-order valence-corrected chi connectivity index (χ3v) is 5.60. The predicted molar refractivity (Wildman–Crippen MR) is 118 cm³/mol. The summed E-state index contributed by atoms with van der Waals surface area (Å²) in [5.41, 5.74) is 6.21. The van der Waals surface area contributed by atoms with Crippen LogP contribution in [0.2, 0.25) is 0 Å². The first-order chi connectivity index (χ1) is 14.3. The summed E-state index contributed by atoms with van der Waals surface area (Å²) in [6, 6.07) is 27.2. The van der Waals surface area contributed by atoms with Crippen LogP contribution in [0.15, 0.2) is 78.9 Å². The second kappa shape index (κ2) is 9.53. The smallest absolute Gasteiger partial charge is 0.251 e. The van der Waals surface area contributed by atoms with E-state index in [2.05, 4.69) is 70.9 Å². The van der Waals surface area contributed by atoms with Crippen LogP contribution in [0, 0.1) is 0 Å². The zero-order valence-electron chi connectivity index (χ0n) is 16.8. The summed E-state index contributed by atoms with van der Waals surface area (Å²) in [5, 5.41) is 3.03. The standard InChI is InChI=1S/C26H28N2O/c29-26(27-17-6-9-21-7-2-1-3-8-21)24-14-12-22(13-15-24)19-28-18-16-23-10-4-5-11-25(23)20-28/h1-5,7-8,10-15H,6,9,16-20H2,(H,27,29). The SMILES string of the molecule is O=C(NCCCc1ccccc1)c1ccc(CN2CCc3ccccc3C2)cc1. The number of carbonyl (C=O) groups excluding carboxylic acids is 1. The Morgan fingerprint density at radius 1 is 0.828 bits per heavy atom. The van der Waals surface area contributed by atoms with Crippen LogP contribution in [-0.2, 0) is 25.9 Å². The average molecular weight is 385 g/mol. The molecule has 3 heteroatoms. The molecule has 148 valence electrons. The maximum absolute atomic E-state index is 12.4. The number of amides is 1. The molecule has 0 unspecified atom stereocenters. The third kappa shape index (κ3) is 5.33. The summed E-state index contributed by atoms with van der Waals surface area (Å²) >= 11 is 0. The highest BCUT2D eigenvalue weighted by molar-refractivity contribution is 5.94. The molecule has 4 rings (SSSR count). The molecule has 3 nitrogen and oxygen atoms in total. The van der Waals surface area contributed by atoms with E-state index in [0.29, 0.717) is 6.54 Å². The first-order valence-corrected chi connectivity index (χ1v) is 10.5. The van der Waals surface area contributed by atoms with Gasteiger partial charge in [0.15, 0.2) is 0 Å². The van der Waals surface area contributed by atoms with Crippen molar-refractivity contribution < 1.29 is 4.79 Å². The topological polar surface area (TPSA) is 32.3 Å². The van der Waals surface area contributed by atoms with Crippen LogP contribution in [0.4, 0.5) is 0 Å². The molecule has 29 heavy (non-hydrogen) atoms. The average Bonchev–Trinajstić information content (AvgIpc) is 2.78. The minimum absolute atomic E-state index is 0.0107. The fourth-order valence-electron chi connectivity index (χ4n) is 3.95. The highest BCUT2D eigenvalue weighted by Crippen LogP contribution is 2.20. The van der Waals surface area contributed by atoms with Gasteiger partial charge >= 0.3 is 0 Å². The van der Waals surface area contributed by atoms with E-state index in [1.165, 1.54) is 22.3 Å². The minimum Gasteiger partial charge on any atom is -0.352 e. The molecule has 0 bridgehead atoms. The highest BCUT2D eigenvalue weighted by Gasteiger charge is 2.15. The van der Waals surface area contributed by atoms with Crippen molar-refractivity contribution in [2.24, 2.45) is 0 Å². The van der Waals surface area contributed by atoms with Gasteiger partial charge < -0.3 is 5.32 Å². The molecule has 0 fully saturated rings. The second-order valence-corrected chi connectivity index (χ2v) is 7.77. The molecular weight excluding hydrogens is 356 g/mol. The molecular formula is C26H28N2O. The molecule has 1 N–H and O–H groups in total. The lowest BCUT2D eigenvalue weighted by Crippen LogP contribution is -2.30. The number of aryl methyl sites for hydroxylation is 1. The molecule has 3 aromatic carbocycles. The summed E-state index contributed by atoms with van der Waals surface area (Å²) in [4.78, 5) is 14.8. The Balaban J connectivity index is 1.24. The molecule has 0 spiro atoms. The van der Waals surface area contributed by atoms with Gasteiger partial charge in [-0.1, -0.05) is 66.7 Å². The van der Waals surface area contributed by atoms with Crippen LogP contribution < -0.4 is 5.32 Å². The van der Waals surface area contributed by atoms with Gasteiger partial charge in [-0.15, -0.1) is 0 Å². The summed E-state index contributed by atoms with van der Waals surface area (Å²) in [6.45, 7) is 3.70. The largest absolute Gasteiger partial charge is 0.352 e. The maximum Gasteiger partial charge on any atom is 0.251 e. The van der Waals surface area contributed by atoms with E-state index in [9.17, 15) is 4.79 Å². The lowest BCUT2D eigenvalue weighted by Gasteiger charge is -2.28. The number of benzene rings is 3. The van der Waals surface area contributed by atoms with Crippen molar-refractivity contribution in [2.75, 3.05) is 13.1 Å². The van der Waals surface area contributed by atoms with E-state index < -0.39 is 0 Å². The summed E-state index contributed by atoms with van der Waals surface area (Å²) in [7, 11) is 0. The first-order valence-electron chi connectivity index (χ1n) is 10.5. The van der Waals surface area contributed by atoms with Crippen molar-refractivity contribution in [2.45, 2.75) is 32.4 Å². The van der Waals surface area contributed by atoms with Crippen LogP contribution in [0.25, 0.3) is 0 Å². The van der Waals surface area contributed by atoms with E-state index >= 15 is 0 Å². The molecule has 0 radical (unpaired) electrons. The van der Waals surface area contributed by atoms with Crippen LogP contribution in [0.5, 0.6) is 0 Å². The van der Waals surface area contributed by atoms with E-state index in [1.807, 2.05) is 18.2 Å². The summed E-state index contributed by atoms with van der Waals surface area (Å²) < 4.78 is 0. The number of nitrogens with zero attached hydrogens (tertiary/aromatic N) is 1. The van der Waals surface area contributed by atoms with Gasteiger partial charge in [0, 0.05) is 31.7 Å². The van der Waals surface area contributed by atoms with Crippen LogP contribution in [-0.4, -0.2) is 23.9 Å².